The fourth-order valence-corrected chi connectivity index (χ4v) is 2.62. The van der Waals surface area contributed by atoms with Crippen LogP contribution in [0.15, 0.2) is 54.7 Å². The third-order valence-corrected chi connectivity index (χ3v) is 4.03. The zero-order valence-corrected chi connectivity index (χ0v) is 14.7. The molecule has 29 heavy (non-hydrogen) atoms. The zero-order chi connectivity index (χ0) is 21.2. The molecule has 3 aromatic rings. The first-order valence-electron chi connectivity index (χ1n) is 8.15. The van der Waals surface area contributed by atoms with Gasteiger partial charge in [0, 0.05) is 29.6 Å². The summed E-state index contributed by atoms with van der Waals surface area (Å²) in [4.78, 5) is 8.21. The number of pyridine rings is 1. The Hall–Kier alpha value is -3.47. The molecule has 0 atom stereocenters. The first-order chi connectivity index (χ1) is 13.7. The summed E-state index contributed by atoms with van der Waals surface area (Å²) in [7, 11) is 0. The van der Waals surface area contributed by atoms with Gasteiger partial charge in [-0.25, -0.2) is 13.8 Å². The Kier molecular flexibility index (Phi) is 5.50. The van der Waals surface area contributed by atoms with E-state index in [0.29, 0.717) is 5.69 Å². The van der Waals surface area contributed by atoms with Gasteiger partial charge >= 0.3 is 6.18 Å². The summed E-state index contributed by atoms with van der Waals surface area (Å²) >= 11 is 0. The summed E-state index contributed by atoms with van der Waals surface area (Å²) in [5.41, 5.74) is 6.16. The molecule has 0 bridgehead atoms. The summed E-state index contributed by atoms with van der Waals surface area (Å²) in [6.45, 7) is 0.0795. The topological polar surface area (TPSA) is 94.8 Å². The highest BCUT2D eigenvalue weighted by atomic mass is 19.4. The van der Waals surface area contributed by atoms with Crippen LogP contribution in [0.5, 0.6) is 0 Å². The van der Waals surface area contributed by atoms with E-state index in [2.05, 4.69) is 9.97 Å². The summed E-state index contributed by atoms with van der Waals surface area (Å²) in [6, 6.07) is 5.85. The van der Waals surface area contributed by atoms with Crippen molar-refractivity contribution in [2.24, 2.45) is 11.6 Å². The molecule has 2 heterocycles. The molecule has 0 amide bonds. The molecule has 0 aliphatic carbocycles. The van der Waals surface area contributed by atoms with Gasteiger partial charge in [0.2, 0.25) is 0 Å². The minimum Gasteiger partial charge on any atom is -0.397 e. The number of rotatable bonds is 5. The maximum atomic E-state index is 13.8. The molecule has 3 rings (SSSR count). The van der Waals surface area contributed by atoms with Crippen molar-refractivity contribution in [2.75, 3.05) is 0 Å². The van der Waals surface area contributed by atoms with Crippen molar-refractivity contribution >= 4 is 5.70 Å². The lowest BCUT2D eigenvalue weighted by Gasteiger charge is -2.14. The van der Waals surface area contributed by atoms with Crippen molar-refractivity contribution in [1.82, 2.24) is 20.0 Å². The Morgan fingerprint density at radius 1 is 1.07 bits per heavy atom. The van der Waals surface area contributed by atoms with Crippen molar-refractivity contribution in [3.8, 4) is 11.4 Å². The lowest BCUT2D eigenvalue weighted by Crippen LogP contribution is -2.34. The molecule has 11 heteroatoms. The van der Waals surface area contributed by atoms with Gasteiger partial charge in [0.15, 0.2) is 5.70 Å². The lowest BCUT2D eigenvalue weighted by atomic mass is 10.1. The number of nitrogens with one attached hydrogen (secondary N) is 1. The average Bonchev–Trinajstić information content (AvgIpc) is 3.12. The van der Waals surface area contributed by atoms with Crippen LogP contribution in [0.3, 0.4) is 0 Å². The monoisotopic (exact) mass is 410 g/mol. The van der Waals surface area contributed by atoms with Crippen LogP contribution in [0, 0.1) is 11.6 Å². The summed E-state index contributed by atoms with van der Waals surface area (Å²) in [6.07, 6.45) is -0.557. The third-order valence-electron chi connectivity index (χ3n) is 4.03. The van der Waals surface area contributed by atoms with E-state index in [1.807, 2.05) is 0 Å². The van der Waals surface area contributed by atoms with Gasteiger partial charge in [-0.1, -0.05) is 6.07 Å². The first kappa shape index (κ1) is 20.3. The second kappa shape index (κ2) is 7.87. The molecule has 0 radical (unpaired) electrons. The van der Waals surface area contributed by atoms with Crippen LogP contribution in [0.2, 0.25) is 0 Å². The number of halogens is 5. The Morgan fingerprint density at radius 3 is 2.48 bits per heavy atom. The number of hydrogen-bond acceptors (Lipinski definition) is 5. The van der Waals surface area contributed by atoms with E-state index in [9.17, 15) is 22.0 Å². The average molecular weight is 410 g/mol. The van der Waals surface area contributed by atoms with Crippen LogP contribution in [-0.4, -0.2) is 20.7 Å². The fourth-order valence-electron chi connectivity index (χ4n) is 2.62. The summed E-state index contributed by atoms with van der Waals surface area (Å²) in [5.74, 6) is 3.56. The minimum atomic E-state index is -4.76. The molecule has 0 saturated carbocycles. The van der Waals surface area contributed by atoms with Crippen LogP contribution >= 0.6 is 0 Å². The van der Waals surface area contributed by atoms with Crippen LogP contribution in [0.25, 0.3) is 17.1 Å². The Labute approximate surface area is 161 Å². The second-order valence-corrected chi connectivity index (χ2v) is 6.03. The molecule has 0 aliphatic heterocycles. The zero-order valence-electron chi connectivity index (χ0n) is 14.7. The maximum absolute atomic E-state index is 13.8. The van der Waals surface area contributed by atoms with E-state index in [-0.39, 0.29) is 23.4 Å². The Balaban J connectivity index is 1.89. The van der Waals surface area contributed by atoms with Gasteiger partial charge in [-0.05, 0) is 18.2 Å². The Morgan fingerprint density at radius 2 is 1.83 bits per heavy atom. The van der Waals surface area contributed by atoms with Gasteiger partial charge in [-0.3, -0.25) is 10.8 Å². The molecule has 0 unspecified atom stereocenters. The van der Waals surface area contributed by atoms with Crippen LogP contribution in [0.1, 0.15) is 11.1 Å². The minimum absolute atomic E-state index is 0.0411. The number of alkyl halides is 3. The molecule has 152 valence electrons. The van der Waals surface area contributed by atoms with E-state index in [1.54, 1.807) is 5.43 Å². The molecule has 2 aromatic heterocycles. The van der Waals surface area contributed by atoms with Gasteiger partial charge in [0.05, 0.1) is 24.3 Å². The molecular formula is C18H15F5N6. The van der Waals surface area contributed by atoms with Crippen molar-refractivity contribution in [2.45, 2.75) is 12.7 Å². The van der Waals surface area contributed by atoms with Crippen molar-refractivity contribution in [3.05, 3.63) is 77.5 Å². The molecule has 0 aliphatic rings. The highest BCUT2D eigenvalue weighted by Gasteiger charge is 2.36. The predicted molar refractivity (Wildman–Crippen MR) is 95.4 cm³/mol. The van der Waals surface area contributed by atoms with Gasteiger partial charge < -0.3 is 15.7 Å². The van der Waals surface area contributed by atoms with E-state index in [4.69, 9.17) is 11.6 Å². The van der Waals surface area contributed by atoms with Gasteiger partial charge in [0.25, 0.3) is 0 Å². The molecule has 0 fully saturated rings. The largest absolute Gasteiger partial charge is 0.434 e. The summed E-state index contributed by atoms with van der Waals surface area (Å²) < 4.78 is 67.3. The highest BCUT2D eigenvalue weighted by molar-refractivity contribution is 5.69. The quantitative estimate of drug-likeness (QED) is 0.342. The van der Waals surface area contributed by atoms with Crippen molar-refractivity contribution in [1.29, 1.82) is 0 Å². The number of benzene rings is 1. The van der Waals surface area contributed by atoms with Crippen LogP contribution in [0.4, 0.5) is 22.0 Å². The summed E-state index contributed by atoms with van der Waals surface area (Å²) in [5, 5.41) is 0. The lowest BCUT2D eigenvalue weighted by molar-refractivity contribution is -0.0961. The first-order valence-corrected chi connectivity index (χ1v) is 8.15. The fraction of sp³-hybridized carbons (Fsp3) is 0.111. The number of aromatic nitrogens is 3. The number of imidazole rings is 1. The van der Waals surface area contributed by atoms with Crippen LogP contribution in [-0.2, 0) is 6.54 Å². The van der Waals surface area contributed by atoms with Crippen molar-refractivity contribution in [3.63, 3.8) is 0 Å². The van der Waals surface area contributed by atoms with Gasteiger partial charge in [-0.15, -0.1) is 0 Å². The molecule has 0 spiro atoms. The van der Waals surface area contributed by atoms with Gasteiger partial charge in [0.1, 0.15) is 17.3 Å². The van der Waals surface area contributed by atoms with E-state index >= 15 is 0 Å². The molecule has 1 aromatic carbocycles. The van der Waals surface area contributed by atoms with E-state index < -0.39 is 29.2 Å². The maximum Gasteiger partial charge on any atom is 0.434 e. The molecule has 0 saturated heterocycles. The molecular weight excluding hydrogens is 395 g/mol. The Bertz CT molecular complexity index is 1060. The second-order valence-electron chi connectivity index (χ2n) is 6.03. The predicted octanol–water partition coefficient (Wildman–Crippen LogP) is 2.92. The smallest absolute Gasteiger partial charge is 0.397 e. The number of allylic oxidation sites excluding steroid dienone is 1. The van der Waals surface area contributed by atoms with Crippen molar-refractivity contribution < 1.29 is 22.0 Å². The van der Waals surface area contributed by atoms with E-state index in [1.165, 1.54) is 41.5 Å². The number of hydrazine groups is 1. The standard InChI is InChI=1S/C18H15F5N6/c19-12-2-1-11(13(20)6-12)7-29-8-15(27-9-29)14-5-10(3-4-26-14)16(24)17(28-25)18(21,22)23/h1-6,8-9,28H,7,24-25H2/b17-16-. The number of nitrogens with two attached hydrogens (primary N) is 2. The number of hydrogen-bond donors (Lipinski definition) is 3. The highest BCUT2D eigenvalue weighted by Crippen LogP contribution is 2.28. The normalized spacial score (nSPS) is 12.6. The molecule has 6 nitrogen and oxygen atoms in total. The SMILES string of the molecule is NN/C(=C(\N)c1ccnc(-c2cn(Cc3ccc(F)cc3F)cn2)c1)C(F)(F)F. The van der Waals surface area contributed by atoms with Crippen LogP contribution < -0.4 is 17.0 Å². The van der Waals surface area contributed by atoms with Gasteiger partial charge in [-0.2, -0.15) is 13.2 Å². The molecule has 5 N–H and O–H groups in total. The number of nitrogens with zero attached hydrogens (tertiary/aromatic N) is 3. The third kappa shape index (κ3) is 4.51. The van der Waals surface area contributed by atoms with E-state index in [0.717, 1.165) is 12.1 Å².